The second kappa shape index (κ2) is 6.16. The normalized spacial score (nSPS) is 17.4. The average Bonchev–Trinajstić information content (AvgIpc) is 2.92. The van der Waals surface area contributed by atoms with Crippen LogP contribution in [0.1, 0.15) is 12.0 Å². The van der Waals surface area contributed by atoms with Gasteiger partial charge in [-0.2, -0.15) is 0 Å². The van der Waals surface area contributed by atoms with Crippen LogP contribution in [0, 0.1) is 18.7 Å². The van der Waals surface area contributed by atoms with Crippen molar-refractivity contribution in [2.45, 2.75) is 13.3 Å². The zero-order valence-corrected chi connectivity index (χ0v) is 12.6. The van der Waals surface area contributed by atoms with E-state index in [9.17, 15) is 14.0 Å². The van der Waals surface area contributed by atoms with Crippen LogP contribution in [0.4, 0.5) is 15.9 Å². The van der Waals surface area contributed by atoms with Gasteiger partial charge in [-0.3, -0.25) is 9.59 Å². The monoisotopic (exact) mass is 313 g/mol. The van der Waals surface area contributed by atoms with Crippen LogP contribution in [-0.4, -0.2) is 23.3 Å². The summed E-state index contributed by atoms with van der Waals surface area (Å²) in [7, 11) is 0. The van der Waals surface area contributed by atoms with Gasteiger partial charge in [0.1, 0.15) is 11.6 Å². The number of aromatic nitrogens is 1. The second-order valence-electron chi connectivity index (χ2n) is 5.51. The Hall–Kier alpha value is -2.76. The summed E-state index contributed by atoms with van der Waals surface area (Å²) >= 11 is 0. The minimum absolute atomic E-state index is 0.0616. The third-order valence-electron chi connectivity index (χ3n) is 3.89. The molecule has 5 nitrogen and oxygen atoms in total. The van der Waals surface area contributed by atoms with Crippen LogP contribution in [0.15, 0.2) is 42.6 Å². The zero-order chi connectivity index (χ0) is 16.4. The van der Waals surface area contributed by atoms with E-state index in [0.29, 0.717) is 5.82 Å². The number of pyridine rings is 1. The maximum Gasteiger partial charge on any atom is 0.230 e. The minimum Gasteiger partial charge on any atom is -0.310 e. The first-order chi connectivity index (χ1) is 11.1. The Bertz CT molecular complexity index is 763. The first-order valence-corrected chi connectivity index (χ1v) is 7.33. The maximum atomic E-state index is 13.8. The van der Waals surface area contributed by atoms with Gasteiger partial charge < -0.3 is 10.2 Å². The third-order valence-corrected chi connectivity index (χ3v) is 3.89. The van der Waals surface area contributed by atoms with Crippen molar-refractivity contribution < 1.29 is 14.0 Å². The Morgan fingerprint density at radius 2 is 2.09 bits per heavy atom. The average molecular weight is 313 g/mol. The Kier molecular flexibility index (Phi) is 4.06. The Balaban J connectivity index is 1.74. The lowest BCUT2D eigenvalue weighted by Crippen LogP contribution is -2.29. The molecule has 1 unspecified atom stereocenters. The lowest BCUT2D eigenvalue weighted by Gasteiger charge is -2.17. The SMILES string of the molecule is Cc1cccnc1NC(=O)C1CC(=O)N(c2ccccc2F)C1. The van der Waals surface area contributed by atoms with E-state index < -0.39 is 11.7 Å². The first kappa shape index (κ1) is 15.1. The predicted octanol–water partition coefficient (Wildman–Crippen LogP) is 2.52. The molecular weight excluding hydrogens is 297 g/mol. The number of aryl methyl sites for hydroxylation is 1. The summed E-state index contributed by atoms with van der Waals surface area (Å²) in [4.78, 5) is 29.9. The number of amides is 2. The number of carbonyl (C=O) groups is 2. The molecule has 1 aromatic carbocycles. The van der Waals surface area contributed by atoms with Crippen molar-refractivity contribution in [1.29, 1.82) is 0 Å². The number of para-hydroxylation sites is 1. The van der Waals surface area contributed by atoms with E-state index in [2.05, 4.69) is 10.3 Å². The van der Waals surface area contributed by atoms with Crippen molar-refractivity contribution in [2.24, 2.45) is 5.92 Å². The Labute approximate surface area is 133 Å². The molecular formula is C17H16FN3O2. The van der Waals surface area contributed by atoms with Crippen LogP contribution < -0.4 is 10.2 Å². The van der Waals surface area contributed by atoms with Gasteiger partial charge in [0.05, 0.1) is 11.6 Å². The van der Waals surface area contributed by atoms with Crippen molar-refractivity contribution >= 4 is 23.3 Å². The molecule has 0 radical (unpaired) electrons. The van der Waals surface area contributed by atoms with Gasteiger partial charge in [0.15, 0.2) is 0 Å². The van der Waals surface area contributed by atoms with E-state index in [4.69, 9.17) is 0 Å². The van der Waals surface area contributed by atoms with E-state index in [1.54, 1.807) is 24.4 Å². The number of nitrogens with one attached hydrogen (secondary N) is 1. The highest BCUT2D eigenvalue weighted by Gasteiger charge is 2.36. The molecule has 118 valence electrons. The largest absolute Gasteiger partial charge is 0.310 e. The highest BCUT2D eigenvalue weighted by Crippen LogP contribution is 2.28. The van der Waals surface area contributed by atoms with Crippen molar-refractivity contribution in [3.05, 3.63) is 54.0 Å². The van der Waals surface area contributed by atoms with Crippen LogP contribution in [-0.2, 0) is 9.59 Å². The molecule has 6 heteroatoms. The summed E-state index contributed by atoms with van der Waals surface area (Å²) in [6, 6.07) is 9.69. The minimum atomic E-state index is -0.525. The fourth-order valence-electron chi connectivity index (χ4n) is 2.62. The van der Waals surface area contributed by atoms with Gasteiger partial charge in [-0.25, -0.2) is 9.37 Å². The molecule has 1 aliphatic rings. The van der Waals surface area contributed by atoms with Crippen molar-refractivity contribution in [3.63, 3.8) is 0 Å². The van der Waals surface area contributed by atoms with E-state index in [0.717, 1.165) is 5.56 Å². The molecule has 1 N–H and O–H groups in total. The Morgan fingerprint density at radius 3 is 2.83 bits per heavy atom. The predicted molar refractivity (Wildman–Crippen MR) is 84.5 cm³/mol. The molecule has 1 fully saturated rings. The van der Waals surface area contributed by atoms with E-state index in [1.165, 1.54) is 17.0 Å². The summed E-state index contributed by atoms with van der Waals surface area (Å²) in [5, 5.41) is 2.74. The van der Waals surface area contributed by atoms with Crippen LogP contribution in [0.25, 0.3) is 0 Å². The van der Waals surface area contributed by atoms with Crippen LogP contribution in [0.3, 0.4) is 0 Å². The second-order valence-corrected chi connectivity index (χ2v) is 5.51. The molecule has 3 rings (SSSR count). The quantitative estimate of drug-likeness (QED) is 0.947. The molecule has 2 amide bonds. The van der Waals surface area contributed by atoms with Crippen molar-refractivity contribution in [1.82, 2.24) is 4.98 Å². The van der Waals surface area contributed by atoms with E-state index >= 15 is 0 Å². The molecule has 1 saturated heterocycles. The number of hydrogen-bond donors (Lipinski definition) is 1. The van der Waals surface area contributed by atoms with E-state index in [1.807, 2.05) is 13.0 Å². The van der Waals surface area contributed by atoms with Gasteiger partial charge in [-0.05, 0) is 30.7 Å². The van der Waals surface area contributed by atoms with Gasteiger partial charge in [-0.1, -0.05) is 18.2 Å². The van der Waals surface area contributed by atoms with Crippen LogP contribution in [0.2, 0.25) is 0 Å². The van der Waals surface area contributed by atoms with Crippen LogP contribution in [0.5, 0.6) is 0 Å². The molecule has 2 aromatic rings. The zero-order valence-electron chi connectivity index (χ0n) is 12.6. The topological polar surface area (TPSA) is 62.3 Å². The number of carbonyl (C=O) groups excluding carboxylic acids is 2. The molecule has 1 atom stereocenters. The number of nitrogens with zero attached hydrogens (tertiary/aromatic N) is 2. The Morgan fingerprint density at radius 1 is 1.30 bits per heavy atom. The number of benzene rings is 1. The van der Waals surface area contributed by atoms with Gasteiger partial charge in [0.25, 0.3) is 0 Å². The smallest absolute Gasteiger partial charge is 0.230 e. The summed E-state index contributed by atoms with van der Waals surface area (Å²) < 4.78 is 13.8. The fraction of sp³-hybridized carbons (Fsp3) is 0.235. The molecule has 0 saturated carbocycles. The molecule has 1 aromatic heterocycles. The number of rotatable bonds is 3. The molecule has 2 heterocycles. The summed E-state index contributed by atoms with van der Waals surface area (Å²) in [5.74, 6) is -1.05. The van der Waals surface area contributed by atoms with Gasteiger partial charge in [0.2, 0.25) is 11.8 Å². The summed E-state index contributed by atoms with van der Waals surface area (Å²) in [6.45, 7) is 2.01. The van der Waals surface area contributed by atoms with Gasteiger partial charge in [0, 0.05) is 19.2 Å². The highest BCUT2D eigenvalue weighted by atomic mass is 19.1. The molecule has 0 aliphatic carbocycles. The lowest BCUT2D eigenvalue weighted by molar-refractivity contribution is -0.122. The first-order valence-electron chi connectivity index (χ1n) is 7.33. The lowest BCUT2D eigenvalue weighted by atomic mass is 10.1. The number of hydrogen-bond acceptors (Lipinski definition) is 3. The summed E-state index contributed by atoms with van der Waals surface area (Å²) in [6.07, 6.45) is 1.65. The van der Waals surface area contributed by atoms with Crippen molar-refractivity contribution in [2.75, 3.05) is 16.8 Å². The standard InChI is InChI=1S/C17H16FN3O2/c1-11-5-4-8-19-16(11)20-17(23)12-9-15(22)21(10-12)14-7-3-2-6-13(14)18/h2-8,12H,9-10H2,1H3,(H,19,20,23). The third kappa shape index (κ3) is 3.06. The van der Waals surface area contributed by atoms with Gasteiger partial charge in [-0.15, -0.1) is 0 Å². The molecule has 1 aliphatic heterocycles. The number of anilines is 2. The maximum absolute atomic E-state index is 13.8. The van der Waals surface area contributed by atoms with E-state index in [-0.39, 0.29) is 30.5 Å². The summed E-state index contributed by atoms with van der Waals surface area (Å²) in [5.41, 5.74) is 1.05. The van der Waals surface area contributed by atoms with Crippen LogP contribution >= 0.6 is 0 Å². The van der Waals surface area contributed by atoms with Gasteiger partial charge >= 0.3 is 0 Å². The van der Waals surface area contributed by atoms with Crippen molar-refractivity contribution in [3.8, 4) is 0 Å². The molecule has 23 heavy (non-hydrogen) atoms. The molecule has 0 bridgehead atoms. The number of halogens is 1. The fourth-order valence-corrected chi connectivity index (χ4v) is 2.62. The highest BCUT2D eigenvalue weighted by molar-refractivity contribution is 6.03. The molecule has 0 spiro atoms.